The Labute approximate surface area is 194 Å². The topological polar surface area (TPSA) is 80.0 Å². The number of benzene rings is 1. The molecule has 0 unspecified atom stereocenters. The van der Waals surface area contributed by atoms with Crippen LogP contribution in [-0.4, -0.2) is 45.4 Å². The number of carboxylic acid groups (broad SMARTS) is 1. The third kappa shape index (κ3) is 4.54. The lowest BCUT2D eigenvalue weighted by atomic mass is 10.0. The summed E-state index contributed by atoms with van der Waals surface area (Å²) in [5.74, 6) is -0.423. The standard InChI is InChI=1S/C26H30N4O3/c1-16-22(23(25(31)32)33-26(2,3)4)24(29(5)6)30-21(27-16)15-20(28-30)19-13-9-12-18(14-19)17-10-7-8-11-17/h7,9-15,23H,8H2,1-6H3,(H,31,32)/t23-/m0/s1. The number of hydrogen-bond donors (Lipinski definition) is 1. The van der Waals surface area contributed by atoms with Crippen molar-refractivity contribution in [3.05, 3.63) is 65.4 Å². The summed E-state index contributed by atoms with van der Waals surface area (Å²) >= 11 is 0. The minimum Gasteiger partial charge on any atom is -0.479 e. The van der Waals surface area contributed by atoms with Crippen molar-refractivity contribution in [2.75, 3.05) is 19.0 Å². The van der Waals surface area contributed by atoms with Gasteiger partial charge in [0.1, 0.15) is 5.82 Å². The lowest BCUT2D eigenvalue weighted by Gasteiger charge is -2.29. The van der Waals surface area contributed by atoms with Gasteiger partial charge in [-0.15, -0.1) is 0 Å². The average Bonchev–Trinajstić information content (AvgIpc) is 3.40. The van der Waals surface area contributed by atoms with Crippen LogP contribution in [0.15, 0.2) is 48.6 Å². The predicted molar refractivity (Wildman–Crippen MR) is 130 cm³/mol. The van der Waals surface area contributed by atoms with Crippen LogP contribution < -0.4 is 4.90 Å². The Kier molecular flexibility index (Phi) is 5.84. The fourth-order valence-corrected chi connectivity index (χ4v) is 4.11. The number of carboxylic acids is 1. The van der Waals surface area contributed by atoms with E-state index in [1.807, 2.05) is 64.9 Å². The SMILES string of the molecule is Cc1nc2cc(-c3cccc(C4=CCC=C4)c3)nn2c(N(C)C)c1[C@H](OC(C)(C)C)C(=O)O. The Morgan fingerprint density at radius 1 is 1.21 bits per heavy atom. The first-order valence-electron chi connectivity index (χ1n) is 11.0. The van der Waals surface area contributed by atoms with Crippen molar-refractivity contribution in [3.63, 3.8) is 0 Å². The van der Waals surface area contributed by atoms with E-state index in [2.05, 4.69) is 30.4 Å². The zero-order valence-electron chi connectivity index (χ0n) is 20.0. The molecule has 7 heteroatoms. The highest BCUT2D eigenvalue weighted by Gasteiger charge is 2.33. The van der Waals surface area contributed by atoms with Gasteiger partial charge < -0.3 is 14.7 Å². The van der Waals surface area contributed by atoms with Crippen molar-refractivity contribution >= 4 is 23.0 Å². The van der Waals surface area contributed by atoms with E-state index in [0.29, 0.717) is 22.7 Å². The maximum Gasteiger partial charge on any atom is 0.337 e. The van der Waals surface area contributed by atoms with Gasteiger partial charge in [-0.3, -0.25) is 0 Å². The van der Waals surface area contributed by atoms with Gasteiger partial charge in [-0.2, -0.15) is 9.61 Å². The molecule has 33 heavy (non-hydrogen) atoms. The van der Waals surface area contributed by atoms with Crippen LogP contribution in [-0.2, 0) is 9.53 Å². The second-order valence-electron chi connectivity index (χ2n) is 9.46. The van der Waals surface area contributed by atoms with E-state index in [1.54, 1.807) is 4.52 Å². The van der Waals surface area contributed by atoms with Crippen LogP contribution in [0.4, 0.5) is 5.82 Å². The second kappa shape index (κ2) is 8.48. The van der Waals surface area contributed by atoms with Crippen LogP contribution in [0.25, 0.3) is 22.5 Å². The molecule has 2 aromatic heterocycles. The largest absolute Gasteiger partial charge is 0.479 e. The maximum absolute atomic E-state index is 12.2. The molecule has 2 heterocycles. The van der Waals surface area contributed by atoms with Gasteiger partial charge in [0.05, 0.1) is 16.9 Å². The summed E-state index contributed by atoms with van der Waals surface area (Å²) in [6, 6.07) is 10.2. The lowest BCUT2D eigenvalue weighted by Crippen LogP contribution is -2.30. The molecule has 0 saturated carbocycles. The zero-order chi connectivity index (χ0) is 23.9. The fraction of sp³-hybridized carbons (Fsp3) is 0.346. The van der Waals surface area contributed by atoms with Gasteiger partial charge in [0.15, 0.2) is 11.8 Å². The number of rotatable bonds is 6. The molecule has 1 aromatic carbocycles. The molecule has 0 fully saturated rings. The van der Waals surface area contributed by atoms with Gasteiger partial charge in [-0.1, -0.05) is 36.4 Å². The van der Waals surface area contributed by atoms with Gasteiger partial charge >= 0.3 is 5.97 Å². The summed E-state index contributed by atoms with van der Waals surface area (Å²) in [4.78, 5) is 18.8. The smallest absolute Gasteiger partial charge is 0.337 e. The molecule has 172 valence electrons. The van der Waals surface area contributed by atoms with Crippen LogP contribution in [0.5, 0.6) is 0 Å². The van der Waals surface area contributed by atoms with Crippen LogP contribution >= 0.6 is 0 Å². The number of hydrogen-bond acceptors (Lipinski definition) is 5. The van der Waals surface area contributed by atoms with Crippen molar-refractivity contribution in [1.82, 2.24) is 14.6 Å². The Hall–Kier alpha value is -3.45. The molecule has 0 amide bonds. The number of anilines is 1. The summed E-state index contributed by atoms with van der Waals surface area (Å²) in [6.45, 7) is 7.34. The Morgan fingerprint density at radius 3 is 2.55 bits per heavy atom. The molecule has 4 rings (SSSR count). The molecule has 0 saturated heterocycles. The number of aryl methyl sites for hydroxylation is 1. The molecule has 0 radical (unpaired) electrons. The first-order valence-corrected chi connectivity index (χ1v) is 11.0. The molecule has 3 aromatic rings. The number of allylic oxidation sites excluding steroid dienone is 4. The minimum absolute atomic E-state index is 0.500. The molecular weight excluding hydrogens is 416 g/mol. The van der Waals surface area contributed by atoms with Gasteiger partial charge in [0.2, 0.25) is 0 Å². The molecule has 1 atom stereocenters. The highest BCUT2D eigenvalue weighted by atomic mass is 16.5. The normalized spacial score (nSPS) is 14.5. The van der Waals surface area contributed by atoms with Crippen molar-refractivity contribution in [2.24, 2.45) is 0 Å². The van der Waals surface area contributed by atoms with Gasteiger partial charge in [0.25, 0.3) is 0 Å². The third-order valence-electron chi connectivity index (χ3n) is 5.45. The van der Waals surface area contributed by atoms with E-state index in [4.69, 9.17) is 14.8 Å². The average molecular weight is 447 g/mol. The first-order chi connectivity index (χ1) is 15.5. The number of nitrogens with zero attached hydrogens (tertiary/aromatic N) is 4. The summed E-state index contributed by atoms with van der Waals surface area (Å²) < 4.78 is 7.66. The molecule has 1 aliphatic carbocycles. The first kappa shape index (κ1) is 22.7. The quantitative estimate of drug-likeness (QED) is 0.570. The summed E-state index contributed by atoms with van der Waals surface area (Å²) in [7, 11) is 3.74. The monoisotopic (exact) mass is 446 g/mol. The predicted octanol–water partition coefficient (Wildman–Crippen LogP) is 5.05. The minimum atomic E-state index is -1.17. The number of aromatic nitrogens is 3. The van der Waals surface area contributed by atoms with Gasteiger partial charge in [-0.05, 0) is 51.3 Å². The summed E-state index contributed by atoms with van der Waals surface area (Å²) in [5, 5.41) is 14.8. The molecule has 1 N–H and O–H groups in total. The molecule has 7 nitrogen and oxygen atoms in total. The highest BCUT2D eigenvalue weighted by Crippen LogP contribution is 2.35. The molecular formula is C26H30N4O3. The number of fused-ring (bicyclic) bond motifs is 1. The molecule has 1 aliphatic rings. The van der Waals surface area contributed by atoms with E-state index in [0.717, 1.165) is 23.2 Å². The second-order valence-corrected chi connectivity index (χ2v) is 9.46. The molecule has 0 aliphatic heterocycles. The zero-order valence-corrected chi connectivity index (χ0v) is 20.0. The number of aliphatic carboxylic acids is 1. The van der Waals surface area contributed by atoms with Crippen LogP contribution in [0.1, 0.15) is 50.1 Å². The van der Waals surface area contributed by atoms with Crippen molar-refractivity contribution in [3.8, 4) is 11.3 Å². The van der Waals surface area contributed by atoms with Crippen LogP contribution in [0.3, 0.4) is 0 Å². The van der Waals surface area contributed by atoms with Crippen molar-refractivity contribution < 1.29 is 14.6 Å². The van der Waals surface area contributed by atoms with E-state index < -0.39 is 17.7 Å². The maximum atomic E-state index is 12.2. The summed E-state index contributed by atoms with van der Waals surface area (Å²) in [5.41, 5.74) is 5.20. The Balaban J connectivity index is 1.88. The van der Waals surface area contributed by atoms with Crippen LogP contribution in [0, 0.1) is 6.92 Å². The molecule has 0 bridgehead atoms. The molecule has 0 spiro atoms. The van der Waals surface area contributed by atoms with E-state index in [9.17, 15) is 9.90 Å². The Morgan fingerprint density at radius 2 is 1.94 bits per heavy atom. The number of ether oxygens (including phenoxy) is 1. The van der Waals surface area contributed by atoms with Crippen LogP contribution in [0.2, 0.25) is 0 Å². The lowest BCUT2D eigenvalue weighted by molar-refractivity contribution is -0.160. The highest BCUT2D eigenvalue weighted by molar-refractivity contribution is 5.80. The van der Waals surface area contributed by atoms with Gasteiger partial charge in [-0.25, -0.2) is 9.78 Å². The van der Waals surface area contributed by atoms with Gasteiger partial charge in [0, 0.05) is 31.4 Å². The van der Waals surface area contributed by atoms with E-state index in [-0.39, 0.29) is 0 Å². The van der Waals surface area contributed by atoms with E-state index in [1.165, 1.54) is 5.57 Å². The summed E-state index contributed by atoms with van der Waals surface area (Å²) in [6.07, 6.45) is 6.25. The van der Waals surface area contributed by atoms with E-state index >= 15 is 0 Å². The Bertz CT molecular complexity index is 1280. The third-order valence-corrected chi connectivity index (χ3v) is 5.45. The van der Waals surface area contributed by atoms with Crippen molar-refractivity contribution in [1.29, 1.82) is 0 Å². The fourth-order valence-electron chi connectivity index (χ4n) is 4.11. The van der Waals surface area contributed by atoms with Crippen molar-refractivity contribution in [2.45, 2.75) is 45.8 Å². The number of carbonyl (C=O) groups is 1.